The highest BCUT2D eigenvalue weighted by molar-refractivity contribution is 6.30. The van der Waals surface area contributed by atoms with Crippen molar-refractivity contribution in [3.8, 4) is 0 Å². The number of anilines is 1. The molecule has 4 heteroatoms. The number of nitrogens with zero attached hydrogens (tertiary/aromatic N) is 1. The minimum atomic E-state index is -0.0288. The average molecular weight is 256 g/mol. The summed E-state index contributed by atoms with van der Waals surface area (Å²) >= 11 is 5.92. The molecule has 1 aliphatic rings. The van der Waals surface area contributed by atoms with Crippen molar-refractivity contribution in [2.45, 2.75) is 26.0 Å². The van der Waals surface area contributed by atoms with E-state index in [1.807, 2.05) is 12.1 Å². The molecule has 0 aliphatic carbocycles. The third-order valence-electron chi connectivity index (χ3n) is 3.59. The first-order chi connectivity index (χ1) is 8.17. The van der Waals surface area contributed by atoms with Crippen molar-refractivity contribution in [1.82, 2.24) is 0 Å². The van der Waals surface area contributed by atoms with E-state index >= 15 is 0 Å². The maximum atomic E-state index is 9.46. The van der Waals surface area contributed by atoms with Crippen molar-refractivity contribution in [2.75, 3.05) is 18.1 Å². The van der Waals surface area contributed by atoms with Crippen molar-refractivity contribution >= 4 is 17.3 Å². The Morgan fingerprint density at radius 2 is 2.18 bits per heavy atom. The highest BCUT2D eigenvalue weighted by atomic mass is 35.5. The topological polar surface area (TPSA) is 43.7 Å². The Labute approximate surface area is 107 Å². The van der Waals surface area contributed by atoms with E-state index in [0.29, 0.717) is 10.9 Å². The standard InChI is InChI=1S/C13H18ClNO2/c1-9-4-5-15(13(9)8-17)12-3-2-11(14)6-10(12)7-16/h2-3,6,9,13,16-17H,4-5,7-8H2,1H3. The molecule has 1 heterocycles. The Bertz CT molecular complexity index is 397. The van der Waals surface area contributed by atoms with Gasteiger partial charge in [-0.1, -0.05) is 18.5 Å². The lowest BCUT2D eigenvalue weighted by molar-refractivity contribution is 0.243. The minimum Gasteiger partial charge on any atom is -0.394 e. The third kappa shape index (κ3) is 2.41. The van der Waals surface area contributed by atoms with Gasteiger partial charge in [-0.3, -0.25) is 0 Å². The summed E-state index contributed by atoms with van der Waals surface area (Å²) in [6, 6.07) is 5.68. The number of aliphatic hydroxyl groups is 2. The number of hydrogen-bond acceptors (Lipinski definition) is 3. The number of rotatable bonds is 3. The molecule has 17 heavy (non-hydrogen) atoms. The smallest absolute Gasteiger partial charge is 0.0702 e. The van der Waals surface area contributed by atoms with Gasteiger partial charge in [-0.25, -0.2) is 0 Å². The largest absolute Gasteiger partial charge is 0.394 e. The summed E-state index contributed by atoms with van der Waals surface area (Å²) in [4.78, 5) is 2.17. The zero-order chi connectivity index (χ0) is 12.4. The molecule has 1 aliphatic heterocycles. The second-order valence-corrected chi connectivity index (χ2v) is 5.08. The quantitative estimate of drug-likeness (QED) is 0.869. The molecule has 94 valence electrons. The monoisotopic (exact) mass is 255 g/mol. The van der Waals surface area contributed by atoms with Gasteiger partial charge in [0.15, 0.2) is 0 Å². The molecule has 1 saturated heterocycles. The highest BCUT2D eigenvalue weighted by Gasteiger charge is 2.31. The second kappa shape index (κ2) is 5.25. The predicted molar refractivity (Wildman–Crippen MR) is 69.4 cm³/mol. The lowest BCUT2D eigenvalue weighted by atomic mass is 10.0. The van der Waals surface area contributed by atoms with Crippen molar-refractivity contribution in [1.29, 1.82) is 0 Å². The molecule has 0 aromatic heterocycles. The third-order valence-corrected chi connectivity index (χ3v) is 3.83. The fourth-order valence-corrected chi connectivity index (χ4v) is 2.74. The van der Waals surface area contributed by atoms with Gasteiger partial charge in [0.2, 0.25) is 0 Å². The van der Waals surface area contributed by atoms with Gasteiger partial charge in [0.05, 0.1) is 19.3 Å². The Morgan fingerprint density at radius 3 is 2.82 bits per heavy atom. The van der Waals surface area contributed by atoms with Gasteiger partial charge in [0, 0.05) is 22.8 Å². The molecule has 0 saturated carbocycles. The van der Waals surface area contributed by atoms with Gasteiger partial charge in [0.1, 0.15) is 0 Å². The zero-order valence-electron chi connectivity index (χ0n) is 9.93. The number of aliphatic hydroxyl groups excluding tert-OH is 2. The lowest BCUT2D eigenvalue weighted by Crippen LogP contribution is -2.35. The normalized spacial score (nSPS) is 24.4. The van der Waals surface area contributed by atoms with Crippen LogP contribution in [0.5, 0.6) is 0 Å². The van der Waals surface area contributed by atoms with Crippen molar-refractivity contribution in [2.24, 2.45) is 5.92 Å². The van der Waals surface area contributed by atoms with Gasteiger partial charge >= 0.3 is 0 Å². The molecule has 2 atom stereocenters. The fraction of sp³-hybridized carbons (Fsp3) is 0.538. The summed E-state index contributed by atoms with van der Waals surface area (Å²) in [5.74, 6) is 0.474. The van der Waals surface area contributed by atoms with Crippen LogP contribution in [-0.4, -0.2) is 29.4 Å². The van der Waals surface area contributed by atoms with E-state index in [0.717, 1.165) is 24.2 Å². The molecule has 2 N–H and O–H groups in total. The van der Waals surface area contributed by atoms with Gasteiger partial charge in [-0.15, -0.1) is 0 Å². The Kier molecular flexibility index (Phi) is 3.92. The van der Waals surface area contributed by atoms with Crippen molar-refractivity contribution < 1.29 is 10.2 Å². The Hall–Kier alpha value is -0.770. The molecule has 2 rings (SSSR count). The summed E-state index contributed by atoms with van der Waals surface area (Å²) in [5, 5.41) is 19.5. The Morgan fingerprint density at radius 1 is 1.41 bits per heavy atom. The average Bonchev–Trinajstić information content (AvgIpc) is 2.70. The molecule has 3 nitrogen and oxygen atoms in total. The number of benzene rings is 1. The fourth-order valence-electron chi connectivity index (χ4n) is 2.55. The first-order valence-electron chi connectivity index (χ1n) is 5.94. The molecule has 1 aromatic carbocycles. The lowest BCUT2D eigenvalue weighted by Gasteiger charge is -2.29. The van der Waals surface area contributed by atoms with Crippen LogP contribution >= 0.6 is 11.6 Å². The summed E-state index contributed by atoms with van der Waals surface area (Å²) in [5.41, 5.74) is 1.81. The van der Waals surface area contributed by atoms with Crippen molar-refractivity contribution in [3.05, 3.63) is 28.8 Å². The first-order valence-corrected chi connectivity index (χ1v) is 6.32. The molecular weight excluding hydrogens is 238 g/mol. The van der Waals surface area contributed by atoms with Gasteiger partial charge in [-0.05, 0) is 30.5 Å². The number of hydrogen-bond donors (Lipinski definition) is 2. The predicted octanol–water partition coefficient (Wildman–Crippen LogP) is 2.04. The second-order valence-electron chi connectivity index (χ2n) is 4.64. The molecule has 1 aromatic rings. The Balaban J connectivity index is 2.33. The van der Waals surface area contributed by atoms with Crippen LogP contribution in [0.3, 0.4) is 0 Å². The first kappa shape index (κ1) is 12.7. The van der Waals surface area contributed by atoms with Crippen LogP contribution in [0.2, 0.25) is 5.02 Å². The van der Waals surface area contributed by atoms with Crippen LogP contribution in [-0.2, 0) is 6.61 Å². The summed E-state index contributed by atoms with van der Waals surface area (Å²) in [6.45, 7) is 3.18. The van der Waals surface area contributed by atoms with E-state index in [1.165, 1.54) is 0 Å². The minimum absolute atomic E-state index is 0.0288. The molecule has 0 amide bonds. The van der Waals surface area contributed by atoms with Gasteiger partial charge in [-0.2, -0.15) is 0 Å². The van der Waals surface area contributed by atoms with Gasteiger partial charge in [0.25, 0.3) is 0 Å². The van der Waals surface area contributed by atoms with E-state index in [9.17, 15) is 10.2 Å². The maximum absolute atomic E-state index is 9.46. The van der Waals surface area contributed by atoms with Crippen LogP contribution in [0.4, 0.5) is 5.69 Å². The maximum Gasteiger partial charge on any atom is 0.0702 e. The van der Waals surface area contributed by atoms with Crippen LogP contribution in [0.1, 0.15) is 18.9 Å². The molecule has 2 unspecified atom stereocenters. The van der Waals surface area contributed by atoms with E-state index < -0.39 is 0 Å². The van der Waals surface area contributed by atoms with E-state index in [-0.39, 0.29) is 19.3 Å². The highest BCUT2D eigenvalue weighted by Crippen LogP contribution is 2.33. The molecular formula is C13H18ClNO2. The number of halogens is 1. The van der Waals surface area contributed by atoms with Crippen LogP contribution in [0, 0.1) is 5.92 Å². The van der Waals surface area contributed by atoms with E-state index in [4.69, 9.17) is 11.6 Å². The summed E-state index contributed by atoms with van der Waals surface area (Å²) in [7, 11) is 0. The molecule has 0 bridgehead atoms. The van der Waals surface area contributed by atoms with Crippen LogP contribution in [0.15, 0.2) is 18.2 Å². The molecule has 1 fully saturated rings. The van der Waals surface area contributed by atoms with Gasteiger partial charge < -0.3 is 15.1 Å². The van der Waals surface area contributed by atoms with Crippen LogP contribution < -0.4 is 4.90 Å². The zero-order valence-corrected chi connectivity index (χ0v) is 10.7. The molecule has 0 spiro atoms. The van der Waals surface area contributed by atoms with Crippen molar-refractivity contribution in [3.63, 3.8) is 0 Å². The van der Waals surface area contributed by atoms with Crippen LogP contribution in [0.25, 0.3) is 0 Å². The SMILES string of the molecule is CC1CCN(c2ccc(Cl)cc2CO)C1CO. The van der Waals surface area contributed by atoms with E-state index in [2.05, 4.69) is 11.8 Å². The summed E-state index contributed by atoms with van der Waals surface area (Å²) < 4.78 is 0. The summed E-state index contributed by atoms with van der Waals surface area (Å²) in [6.07, 6.45) is 1.07. The van der Waals surface area contributed by atoms with E-state index in [1.54, 1.807) is 6.07 Å². The molecule has 0 radical (unpaired) electrons.